The third-order valence-corrected chi connectivity index (χ3v) is 5.12. The highest BCUT2D eigenvalue weighted by atomic mass is 35.5. The van der Waals surface area contributed by atoms with Crippen LogP contribution in [0.25, 0.3) is 0 Å². The average molecular weight is 396 g/mol. The number of benzene rings is 1. The Morgan fingerprint density at radius 3 is 2.22 bits per heavy atom. The maximum Gasteiger partial charge on any atom is 0.274 e. The van der Waals surface area contributed by atoms with Gasteiger partial charge in [-0.3, -0.25) is 4.79 Å². The van der Waals surface area contributed by atoms with Crippen molar-refractivity contribution >= 4 is 52.3 Å². The number of hydrogen-bond acceptors (Lipinski definition) is 2. The van der Waals surface area contributed by atoms with Gasteiger partial charge in [0.2, 0.25) is 0 Å². The number of carbonyl (C=O) groups is 1. The van der Waals surface area contributed by atoms with Gasteiger partial charge in [0.25, 0.3) is 5.91 Å². The van der Waals surface area contributed by atoms with Crippen molar-refractivity contribution in [2.24, 2.45) is 0 Å². The SMILES string of the molecule is CC(c1ccc(F)cc1)N(C)C(=O)c1nc(Cl)c(Cl)c(Cl)c1Cl. The first-order valence-electron chi connectivity index (χ1n) is 6.46. The molecule has 0 aliphatic carbocycles. The van der Waals surface area contributed by atoms with E-state index in [0.29, 0.717) is 0 Å². The summed E-state index contributed by atoms with van der Waals surface area (Å²) in [6, 6.07) is 5.51. The van der Waals surface area contributed by atoms with Gasteiger partial charge in [0.1, 0.15) is 16.7 Å². The fourth-order valence-electron chi connectivity index (χ4n) is 1.94. The van der Waals surface area contributed by atoms with Crippen LogP contribution in [0.4, 0.5) is 4.39 Å². The van der Waals surface area contributed by atoms with Crippen molar-refractivity contribution in [3.8, 4) is 0 Å². The van der Waals surface area contributed by atoms with Gasteiger partial charge in [0.15, 0.2) is 0 Å². The number of halogens is 5. The normalized spacial score (nSPS) is 12.1. The second-order valence-corrected chi connectivity index (χ2v) is 6.33. The lowest BCUT2D eigenvalue weighted by molar-refractivity contribution is 0.0737. The van der Waals surface area contributed by atoms with E-state index < -0.39 is 5.91 Å². The van der Waals surface area contributed by atoms with Crippen LogP contribution in [0.5, 0.6) is 0 Å². The molecule has 2 rings (SSSR count). The molecular formula is C15H11Cl4FN2O. The summed E-state index contributed by atoms with van der Waals surface area (Å²) in [6.07, 6.45) is 0. The first-order chi connectivity index (χ1) is 10.7. The highest BCUT2D eigenvalue weighted by Gasteiger charge is 2.25. The summed E-state index contributed by atoms with van der Waals surface area (Å²) in [7, 11) is 1.57. The summed E-state index contributed by atoms with van der Waals surface area (Å²) in [5, 5.41) is -0.208. The molecule has 0 fully saturated rings. The monoisotopic (exact) mass is 394 g/mol. The molecule has 3 nitrogen and oxygen atoms in total. The molecule has 122 valence electrons. The fourth-order valence-corrected chi connectivity index (χ4v) is 2.75. The van der Waals surface area contributed by atoms with Crippen molar-refractivity contribution in [1.29, 1.82) is 0 Å². The van der Waals surface area contributed by atoms with Gasteiger partial charge in [-0.05, 0) is 24.6 Å². The van der Waals surface area contributed by atoms with Crippen LogP contribution in [0, 0.1) is 5.82 Å². The molecular weight excluding hydrogens is 385 g/mol. The first-order valence-corrected chi connectivity index (χ1v) is 7.97. The molecule has 0 spiro atoms. The molecule has 1 aromatic carbocycles. The zero-order chi connectivity index (χ0) is 17.3. The summed E-state index contributed by atoms with van der Waals surface area (Å²) in [5.41, 5.74) is 0.659. The lowest BCUT2D eigenvalue weighted by Crippen LogP contribution is -2.30. The Hall–Kier alpha value is -1.07. The Balaban J connectivity index is 2.35. The Labute approximate surface area is 152 Å². The molecule has 0 aliphatic rings. The molecule has 0 bridgehead atoms. The molecule has 0 saturated carbocycles. The van der Waals surface area contributed by atoms with Crippen LogP contribution in [-0.4, -0.2) is 22.8 Å². The molecule has 0 radical (unpaired) electrons. The smallest absolute Gasteiger partial charge is 0.274 e. The molecule has 0 aliphatic heterocycles. The number of aromatic nitrogens is 1. The maximum absolute atomic E-state index is 13.0. The minimum Gasteiger partial charge on any atom is -0.334 e. The third-order valence-electron chi connectivity index (χ3n) is 3.44. The summed E-state index contributed by atoms with van der Waals surface area (Å²) in [6.45, 7) is 1.79. The van der Waals surface area contributed by atoms with Crippen molar-refractivity contribution in [2.45, 2.75) is 13.0 Å². The molecule has 0 N–H and O–H groups in total. The van der Waals surface area contributed by atoms with E-state index in [2.05, 4.69) is 4.98 Å². The van der Waals surface area contributed by atoms with Crippen LogP contribution in [0.1, 0.15) is 29.0 Å². The molecule has 1 amide bonds. The minimum atomic E-state index is -0.479. The molecule has 23 heavy (non-hydrogen) atoms. The van der Waals surface area contributed by atoms with E-state index >= 15 is 0 Å². The minimum absolute atomic E-state index is 0.0101. The predicted octanol–water partition coefficient (Wildman–Crippen LogP) is 5.67. The lowest BCUT2D eigenvalue weighted by Gasteiger charge is -2.25. The fraction of sp³-hybridized carbons (Fsp3) is 0.200. The maximum atomic E-state index is 13.0. The van der Waals surface area contributed by atoms with Crippen LogP contribution < -0.4 is 0 Å². The van der Waals surface area contributed by atoms with Gasteiger partial charge in [0.05, 0.1) is 21.1 Å². The number of nitrogens with zero attached hydrogens (tertiary/aromatic N) is 2. The van der Waals surface area contributed by atoms with Crippen LogP contribution in [0.3, 0.4) is 0 Å². The Morgan fingerprint density at radius 1 is 1.09 bits per heavy atom. The number of amides is 1. The zero-order valence-electron chi connectivity index (χ0n) is 12.1. The van der Waals surface area contributed by atoms with E-state index in [9.17, 15) is 9.18 Å². The van der Waals surface area contributed by atoms with Gasteiger partial charge in [0, 0.05) is 7.05 Å². The highest BCUT2D eigenvalue weighted by Crippen LogP contribution is 2.37. The number of carbonyl (C=O) groups excluding carboxylic acids is 1. The van der Waals surface area contributed by atoms with Gasteiger partial charge in [-0.25, -0.2) is 9.37 Å². The number of pyridine rings is 1. The topological polar surface area (TPSA) is 33.2 Å². The largest absolute Gasteiger partial charge is 0.334 e. The van der Waals surface area contributed by atoms with Crippen molar-refractivity contribution in [3.05, 3.63) is 61.6 Å². The first kappa shape index (κ1) is 18.3. The van der Waals surface area contributed by atoms with Gasteiger partial charge in [-0.15, -0.1) is 0 Å². The lowest BCUT2D eigenvalue weighted by atomic mass is 10.1. The summed E-state index contributed by atoms with van der Waals surface area (Å²) >= 11 is 23.7. The van der Waals surface area contributed by atoms with Crippen LogP contribution in [0.2, 0.25) is 20.2 Å². The second kappa shape index (κ2) is 7.22. The molecule has 1 aromatic heterocycles. The molecule has 1 atom stereocenters. The average Bonchev–Trinajstić information content (AvgIpc) is 2.55. The van der Waals surface area contributed by atoms with Crippen LogP contribution >= 0.6 is 46.4 Å². The van der Waals surface area contributed by atoms with E-state index in [1.807, 2.05) is 0 Å². The molecule has 8 heteroatoms. The van der Waals surface area contributed by atoms with Crippen molar-refractivity contribution in [3.63, 3.8) is 0 Å². The molecule has 1 heterocycles. The Morgan fingerprint density at radius 2 is 1.65 bits per heavy atom. The quantitative estimate of drug-likeness (QED) is 0.627. The highest BCUT2D eigenvalue weighted by molar-refractivity contribution is 6.52. The van der Waals surface area contributed by atoms with E-state index in [0.717, 1.165) is 5.56 Å². The third kappa shape index (κ3) is 3.72. The van der Waals surface area contributed by atoms with E-state index in [1.165, 1.54) is 17.0 Å². The van der Waals surface area contributed by atoms with Gasteiger partial charge in [-0.2, -0.15) is 0 Å². The number of hydrogen-bond donors (Lipinski definition) is 0. The van der Waals surface area contributed by atoms with E-state index in [-0.39, 0.29) is 37.8 Å². The van der Waals surface area contributed by atoms with Crippen molar-refractivity contribution in [1.82, 2.24) is 9.88 Å². The summed E-state index contributed by atoms with van der Waals surface area (Å²) in [4.78, 5) is 17.9. The summed E-state index contributed by atoms with van der Waals surface area (Å²) in [5.74, 6) is -0.830. The van der Waals surface area contributed by atoms with Crippen molar-refractivity contribution in [2.75, 3.05) is 7.05 Å². The molecule has 2 aromatic rings. The van der Waals surface area contributed by atoms with E-state index in [1.54, 1.807) is 26.1 Å². The Kier molecular flexibility index (Phi) is 5.74. The van der Waals surface area contributed by atoms with Gasteiger partial charge < -0.3 is 4.90 Å². The standard InChI is InChI=1S/C15H11Cl4FN2O/c1-7(8-3-5-9(20)6-4-8)22(2)15(23)13-11(17)10(16)12(18)14(19)21-13/h3-7H,1-2H3. The molecule has 1 unspecified atom stereocenters. The second-order valence-electron chi connectivity index (χ2n) is 4.84. The Bertz CT molecular complexity index is 752. The van der Waals surface area contributed by atoms with Crippen LogP contribution in [-0.2, 0) is 0 Å². The molecule has 0 saturated heterocycles. The number of rotatable bonds is 3. The van der Waals surface area contributed by atoms with E-state index in [4.69, 9.17) is 46.4 Å². The van der Waals surface area contributed by atoms with Gasteiger partial charge >= 0.3 is 0 Å². The predicted molar refractivity (Wildman–Crippen MR) is 91.2 cm³/mol. The summed E-state index contributed by atoms with van der Waals surface area (Å²) < 4.78 is 13.0. The zero-order valence-corrected chi connectivity index (χ0v) is 15.1. The van der Waals surface area contributed by atoms with Gasteiger partial charge in [-0.1, -0.05) is 58.5 Å². The van der Waals surface area contributed by atoms with Crippen LogP contribution in [0.15, 0.2) is 24.3 Å². The van der Waals surface area contributed by atoms with Crippen molar-refractivity contribution < 1.29 is 9.18 Å².